The minimum absolute atomic E-state index is 0.0245. The minimum Gasteiger partial charge on any atom is -0.267 e. The summed E-state index contributed by atoms with van der Waals surface area (Å²) in [5.41, 5.74) is 3.44. The second-order valence-corrected chi connectivity index (χ2v) is 6.34. The van der Waals surface area contributed by atoms with Crippen molar-refractivity contribution in [1.29, 1.82) is 0 Å². The highest BCUT2D eigenvalue weighted by Crippen LogP contribution is 2.13. The summed E-state index contributed by atoms with van der Waals surface area (Å²) >= 11 is 0. The average molecular weight is 404 g/mol. The van der Waals surface area contributed by atoms with Crippen LogP contribution in [0.25, 0.3) is 0 Å². The molecule has 0 fully saturated rings. The SMILES string of the molecule is Cc1cc(C)n(C/C(=N\NC(=O)c2cc(F)ccc2F)c2ccc(F)c(F)c2)n1. The maximum absolute atomic E-state index is 13.8. The normalized spacial score (nSPS) is 11.6. The van der Waals surface area contributed by atoms with E-state index in [9.17, 15) is 22.4 Å². The van der Waals surface area contributed by atoms with Gasteiger partial charge in [0.25, 0.3) is 5.91 Å². The van der Waals surface area contributed by atoms with E-state index in [-0.39, 0.29) is 17.8 Å². The van der Waals surface area contributed by atoms with Crippen molar-refractivity contribution in [3.63, 3.8) is 0 Å². The molecule has 0 saturated carbocycles. The van der Waals surface area contributed by atoms with Gasteiger partial charge in [-0.05, 0) is 56.3 Å². The smallest absolute Gasteiger partial charge is 0.267 e. The number of nitrogens with one attached hydrogen (secondary N) is 1. The molecule has 29 heavy (non-hydrogen) atoms. The summed E-state index contributed by atoms with van der Waals surface area (Å²) in [5.74, 6) is -4.83. The Bertz CT molecular complexity index is 1110. The van der Waals surface area contributed by atoms with Crippen LogP contribution in [0.2, 0.25) is 0 Å². The molecule has 3 aromatic rings. The summed E-state index contributed by atoms with van der Waals surface area (Å²) in [5, 5.41) is 8.21. The molecular weight excluding hydrogens is 388 g/mol. The quantitative estimate of drug-likeness (QED) is 0.399. The van der Waals surface area contributed by atoms with Crippen molar-refractivity contribution in [2.45, 2.75) is 20.4 Å². The van der Waals surface area contributed by atoms with Crippen LogP contribution in [0.15, 0.2) is 47.6 Å². The van der Waals surface area contributed by atoms with E-state index in [4.69, 9.17) is 0 Å². The van der Waals surface area contributed by atoms with Crippen LogP contribution in [0.3, 0.4) is 0 Å². The predicted octanol–water partition coefficient (Wildman–Crippen LogP) is 3.89. The van der Waals surface area contributed by atoms with Crippen LogP contribution in [0.1, 0.15) is 27.3 Å². The van der Waals surface area contributed by atoms with E-state index in [1.165, 1.54) is 6.07 Å². The first-order chi connectivity index (χ1) is 13.7. The van der Waals surface area contributed by atoms with Crippen molar-refractivity contribution in [1.82, 2.24) is 15.2 Å². The molecule has 0 spiro atoms. The molecule has 3 rings (SSSR count). The number of rotatable bonds is 5. The van der Waals surface area contributed by atoms with Gasteiger partial charge in [-0.3, -0.25) is 9.48 Å². The van der Waals surface area contributed by atoms with Gasteiger partial charge in [0, 0.05) is 11.3 Å². The highest BCUT2D eigenvalue weighted by atomic mass is 19.2. The van der Waals surface area contributed by atoms with Gasteiger partial charge in [-0.25, -0.2) is 23.0 Å². The van der Waals surface area contributed by atoms with Crippen molar-refractivity contribution < 1.29 is 22.4 Å². The molecule has 9 heteroatoms. The van der Waals surface area contributed by atoms with Crippen LogP contribution < -0.4 is 5.43 Å². The number of carbonyl (C=O) groups is 1. The Morgan fingerprint density at radius 2 is 1.72 bits per heavy atom. The zero-order valence-corrected chi connectivity index (χ0v) is 15.5. The maximum Gasteiger partial charge on any atom is 0.274 e. The Hall–Kier alpha value is -3.49. The Labute approximate surface area is 163 Å². The van der Waals surface area contributed by atoms with E-state index in [0.29, 0.717) is 0 Å². The molecule has 5 nitrogen and oxygen atoms in total. The third kappa shape index (κ3) is 4.68. The molecular formula is C20H16F4N4O. The molecule has 1 amide bonds. The van der Waals surface area contributed by atoms with Crippen molar-refractivity contribution in [3.05, 3.63) is 88.2 Å². The largest absolute Gasteiger partial charge is 0.274 e. The van der Waals surface area contributed by atoms with E-state index in [2.05, 4.69) is 15.6 Å². The van der Waals surface area contributed by atoms with Gasteiger partial charge in [-0.15, -0.1) is 0 Å². The number of benzene rings is 2. The molecule has 1 N–H and O–H groups in total. The summed E-state index contributed by atoms with van der Waals surface area (Å²) in [6, 6.07) is 7.38. The summed E-state index contributed by atoms with van der Waals surface area (Å²) in [4.78, 5) is 12.2. The lowest BCUT2D eigenvalue weighted by atomic mass is 10.1. The lowest BCUT2D eigenvalue weighted by Gasteiger charge is -2.10. The van der Waals surface area contributed by atoms with Gasteiger partial charge in [-0.2, -0.15) is 10.2 Å². The van der Waals surface area contributed by atoms with E-state index in [0.717, 1.165) is 41.7 Å². The van der Waals surface area contributed by atoms with E-state index in [1.807, 2.05) is 6.07 Å². The van der Waals surface area contributed by atoms with Crippen molar-refractivity contribution >= 4 is 11.6 Å². The van der Waals surface area contributed by atoms with E-state index >= 15 is 0 Å². The zero-order valence-electron chi connectivity index (χ0n) is 15.5. The van der Waals surface area contributed by atoms with Gasteiger partial charge in [0.2, 0.25) is 0 Å². The van der Waals surface area contributed by atoms with Crippen LogP contribution in [-0.4, -0.2) is 21.4 Å². The number of amides is 1. The van der Waals surface area contributed by atoms with E-state index in [1.54, 1.807) is 18.5 Å². The number of halogens is 4. The summed E-state index contributed by atoms with van der Waals surface area (Å²) in [7, 11) is 0. The lowest BCUT2D eigenvalue weighted by Crippen LogP contribution is -2.24. The van der Waals surface area contributed by atoms with Crippen molar-refractivity contribution in [2.75, 3.05) is 0 Å². The fourth-order valence-corrected chi connectivity index (χ4v) is 2.69. The van der Waals surface area contributed by atoms with Crippen molar-refractivity contribution in [3.8, 4) is 0 Å². The fraction of sp³-hybridized carbons (Fsp3) is 0.150. The van der Waals surface area contributed by atoms with Gasteiger partial charge >= 0.3 is 0 Å². The Balaban J connectivity index is 1.95. The van der Waals surface area contributed by atoms with E-state index < -0.39 is 34.7 Å². The highest BCUT2D eigenvalue weighted by molar-refractivity contribution is 6.02. The predicted molar refractivity (Wildman–Crippen MR) is 98.4 cm³/mol. The summed E-state index contributed by atoms with van der Waals surface area (Å²) in [6.45, 7) is 3.60. The third-order valence-electron chi connectivity index (χ3n) is 4.12. The average Bonchev–Trinajstić information content (AvgIpc) is 2.99. The Morgan fingerprint density at radius 3 is 2.38 bits per heavy atom. The third-order valence-corrected chi connectivity index (χ3v) is 4.12. The fourth-order valence-electron chi connectivity index (χ4n) is 2.69. The molecule has 0 unspecified atom stereocenters. The number of carbonyl (C=O) groups excluding carboxylic acids is 1. The maximum atomic E-state index is 13.8. The minimum atomic E-state index is -1.09. The first-order valence-electron chi connectivity index (χ1n) is 8.53. The van der Waals surface area contributed by atoms with Crippen LogP contribution in [0.4, 0.5) is 17.6 Å². The Morgan fingerprint density at radius 1 is 1.00 bits per heavy atom. The molecule has 0 radical (unpaired) electrons. The van der Waals surface area contributed by atoms with Crippen LogP contribution in [-0.2, 0) is 6.54 Å². The number of hydrazone groups is 1. The monoisotopic (exact) mass is 404 g/mol. The molecule has 1 heterocycles. The first-order valence-corrected chi connectivity index (χ1v) is 8.53. The molecule has 0 bridgehead atoms. The Kier molecular flexibility index (Phi) is 5.76. The number of aromatic nitrogens is 2. The van der Waals surface area contributed by atoms with Gasteiger partial charge in [0.15, 0.2) is 11.6 Å². The highest BCUT2D eigenvalue weighted by Gasteiger charge is 2.15. The van der Waals surface area contributed by atoms with Gasteiger partial charge < -0.3 is 0 Å². The first kappa shape index (κ1) is 20.2. The van der Waals surface area contributed by atoms with Crippen LogP contribution in [0, 0.1) is 37.1 Å². The second kappa shape index (κ2) is 8.26. The lowest BCUT2D eigenvalue weighted by molar-refractivity contribution is 0.0950. The topological polar surface area (TPSA) is 59.3 Å². The molecule has 0 aliphatic carbocycles. The molecule has 0 aliphatic rings. The summed E-state index contributed by atoms with van der Waals surface area (Å²) in [6.07, 6.45) is 0. The standard InChI is InChI=1S/C20H16F4N4O/c1-11-7-12(2)28(27-11)10-19(13-3-5-17(23)18(24)8-13)25-26-20(29)15-9-14(21)4-6-16(15)22/h3-9H,10H2,1-2H3,(H,26,29)/b25-19+. The number of hydrogen-bond donors (Lipinski definition) is 1. The number of nitrogens with zero attached hydrogens (tertiary/aromatic N) is 3. The second-order valence-electron chi connectivity index (χ2n) is 6.34. The van der Waals surface area contributed by atoms with Crippen LogP contribution in [0.5, 0.6) is 0 Å². The van der Waals surface area contributed by atoms with Gasteiger partial charge in [-0.1, -0.05) is 0 Å². The zero-order chi connectivity index (χ0) is 21.1. The van der Waals surface area contributed by atoms with Crippen LogP contribution >= 0.6 is 0 Å². The van der Waals surface area contributed by atoms with Gasteiger partial charge in [0.1, 0.15) is 11.6 Å². The molecule has 2 aromatic carbocycles. The molecule has 0 saturated heterocycles. The summed E-state index contributed by atoms with van der Waals surface area (Å²) < 4.78 is 55.6. The molecule has 1 aromatic heterocycles. The number of hydrogen-bond acceptors (Lipinski definition) is 3. The number of aryl methyl sites for hydroxylation is 2. The van der Waals surface area contributed by atoms with Crippen molar-refractivity contribution in [2.24, 2.45) is 5.10 Å². The molecule has 150 valence electrons. The molecule has 0 aliphatic heterocycles. The molecule has 0 atom stereocenters. The van der Waals surface area contributed by atoms with Gasteiger partial charge in [0.05, 0.1) is 23.5 Å².